The number of phenols is 1. The minimum absolute atomic E-state index is 0.246. The molecule has 0 fully saturated rings. The summed E-state index contributed by atoms with van der Waals surface area (Å²) in [4.78, 5) is 4.89. The summed E-state index contributed by atoms with van der Waals surface area (Å²) in [5.41, 5.74) is 6.70. The lowest BCUT2D eigenvalue weighted by molar-refractivity contribution is 0.476. The standard InChI is InChI=1S/C23H21BrN2OS/c1-15-20-7-6-19(27)12-22(20)26-23(17-9-11-28-14-17)21(15)13-25-10-8-16-2-4-18(24)5-3-16/h2-7,9,11-12,14,25,27H,8,10,13H2,1H3. The number of rotatable bonds is 6. The van der Waals surface area contributed by atoms with Crippen LogP contribution in [0.15, 0.2) is 63.8 Å². The number of nitrogens with zero attached hydrogens (tertiary/aromatic N) is 1. The summed E-state index contributed by atoms with van der Waals surface area (Å²) in [5.74, 6) is 0.246. The molecule has 0 aliphatic rings. The number of aromatic nitrogens is 1. The molecule has 28 heavy (non-hydrogen) atoms. The molecule has 4 aromatic rings. The number of hydrogen-bond donors (Lipinski definition) is 2. The molecular weight excluding hydrogens is 432 g/mol. The molecule has 5 heteroatoms. The van der Waals surface area contributed by atoms with Crippen molar-refractivity contribution in [3.8, 4) is 17.0 Å². The predicted octanol–water partition coefficient (Wildman–Crippen LogP) is 6.07. The Morgan fingerprint density at radius 2 is 1.93 bits per heavy atom. The third-order valence-corrected chi connectivity index (χ3v) is 6.17. The molecule has 0 saturated carbocycles. The molecule has 0 bridgehead atoms. The van der Waals surface area contributed by atoms with Gasteiger partial charge in [0.05, 0.1) is 11.2 Å². The highest BCUT2D eigenvalue weighted by Crippen LogP contribution is 2.32. The summed E-state index contributed by atoms with van der Waals surface area (Å²) in [6.07, 6.45) is 0.981. The first kappa shape index (κ1) is 19.1. The molecule has 142 valence electrons. The largest absolute Gasteiger partial charge is 0.508 e. The van der Waals surface area contributed by atoms with E-state index in [1.54, 1.807) is 23.5 Å². The maximum absolute atomic E-state index is 9.86. The van der Waals surface area contributed by atoms with Crippen molar-refractivity contribution in [2.75, 3.05) is 6.54 Å². The van der Waals surface area contributed by atoms with Crippen LogP contribution < -0.4 is 5.32 Å². The Hall–Kier alpha value is -2.21. The molecule has 4 rings (SSSR count). The number of pyridine rings is 1. The molecule has 0 aliphatic heterocycles. The van der Waals surface area contributed by atoms with Gasteiger partial charge in [-0.3, -0.25) is 0 Å². The van der Waals surface area contributed by atoms with Crippen LogP contribution in [0.25, 0.3) is 22.2 Å². The minimum atomic E-state index is 0.246. The molecule has 2 N–H and O–H groups in total. The van der Waals surface area contributed by atoms with Crippen LogP contribution in [0.2, 0.25) is 0 Å². The Morgan fingerprint density at radius 1 is 1.11 bits per heavy atom. The van der Waals surface area contributed by atoms with Crippen molar-refractivity contribution in [3.63, 3.8) is 0 Å². The number of aromatic hydroxyl groups is 1. The molecule has 0 unspecified atom stereocenters. The Labute approximate surface area is 177 Å². The zero-order valence-electron chi connectivity index (χ0n) is 15.6. The van der Waals surface area contributed by atoms with E-state index in [4.69, 9.17) is 4.98 Å². The third kappa shape index (κ3) is 4.12. The van der Waals surface area contributed by atoms with Gasteiger partial charge in [-0.25, -0.2) is 4.98 Å². The first-order chi connectivity index (χ1) is 13.6. The topological polar surface area (TPSA) is 45.2 Å². The minimum Gasteiger partial charge on any atom is -0.508 e. The van der Waals surface area contributed by atoms with Gasteiger partial charge < -0.3 is 10.4 Å². The number of thiophene rings is 1. The van der Waals surface area contributed by atoms with Gasteiger partial charge in [0.15, 0.2) is 0 Å². The summed E-state index contributed by atoms with van der Waals surface area (Å²) in [7, 11) is 0. The van der Waals surface area contributed by atoms with E-state index in [9.17, 15) is 5.11 Å². The third-order valence-electron chi connectivity index (χ3n) is 4.96. The smallest absolute Gasteiger partial charge is 0.117 e. The van der Waals surface area contributed by atoms with Gasteiger partial charge in [0.1, 0.15) is 5.75 Å². The van der Waals surface area contributed by atoms with Crippen LogP contribution in [0.5, 0.6) is 5.75 Å². The van der Waals surface area contributed by atoms with Gasteiger partial charge in [-0.2, -0.15) is 11.3 Å². The average molecular weight is 453 g/mol. The number of halogens is 1. The summed E-state index contributed by atoms with van der Waals surface area (Å²) < 4.78 is 1.11. The monoisotopic (exact) mass is 452 g/mol. The van der Waals surface area contributed by atoms with Crippen LogP contribution in [0.1, 0.15) is 16.7 Å². The molecule has 2 heterocycles. The molecule has 2 aromatic carbocycles. The fourth-order valence-electron chi connectivity index (χ4n) is 3.41. The number of benzene rings is 2. The van der Waals surface area contributed by atoms with Crippen molar-refractivity contribution >= 4 is 38.2 Å². The normalized spacial score (nSPS) is 11.2. The van der Waals surface area contributed by atoms with Gasteiger partial charge in [0, 0.05) is 33.4 Å². The summed E-state index contributed by atoms with van der Waals surface area (Å²) in [6.45, 7) is 3.80. The van der Waals surface area contributed by atoms with Crippen LogP contribution >= 0.6 is 27.3 Å². The van der Waals surface area contributed by atoms with Crippen LogP contribution in [-0.2, 0) is 13.0 Å². The molecule has 3 nitrogen and oxygen atoms in total. The Balaban J connectivity index is 1.59. The lowest BCUT2D eigenvalue weighted by Crippen LogP contribution is -2.18. The van der Waals surface area contributed by atoms with Crippen molar-refractivity contribution in [2.24, 2.45) is 0 Å². The van der Waals surface area contributed by atoms with E-state index >= 15 is 0 Å². The van der Waals surface area contributed by atoms with E-state index in [1.807, 2.05) is 6.07 Å². The first-order valence-electron chi connectivity index (χ1n) is 9.22. The lowest BCUT2D eigenvalue weighted by Gasteiger charge is -2.15. The van der Waals surface area contributed by atoms with Gasteiger partial charge in [-0.15, -0.1) is 0 Å². The van der Waals surface area contributed by atoms with Crippen molar-refractivity contribution in [1.82, 2.24) is 10.3 Å². The fraction of sp³-hybridized carbons (Fsp3) is 0.174. The van der Waals surface area contributed by atoms with Crippen LogP contribution in [-0.4, -0.2) is 16.6 Å². The fourth-order valence-corrected chi connectivity index (χ4v) is 4.31. The Bertz CT molecular complexity index is 1090. The number of fused-ring (bicyclic) bond motifs is 1. The van der Waals surface area contributed by atoms with E-state index in [0.717, 1.165) is 46.1 Å². The highest BCUT2D eigenvalue weighted by molar-refractivity contribution is 9.10. The molecule has 0 aliphatic carbocycles. The quantitative estimate of drug-likeness (QED) is 0.348. The Morgan fingerprint density at radius 3 is 2.68 bits per heavy atom. The van der Waals surface area contributed by atoms with Gasteiger partial charge in [-0.05, 0) is 72.3 Å². The average Bonchev–Trinajstić information content (AvgIpc) is 3.22. The SMILES string of the molecule is Cc1c(CNCCc2ccc(Br)cc2)c(-c2ccsc2)nc2cc(O)ccc12. The van der Waals surface area contributed by atoms with E-state index in [1.165, 1.54) is 16.7 Å². The van der Waals surface area contributed by atoms with Gasteiger partial charge in [0.2, 0.25) is 0 Å². The highest BCUT2D eigenvalue weighted by Gasteiger charge is 2.14. The maximum atomic E-state index is 9.86. The van der Waals surface area contributed by atoms with E-state index in [-0.39, 0.29) is 5.75 Å². The lowest BCUT2D eigenvalue weighted by atomic mass is 9.98. The second-order valence-corrected chi connectivity index (χ2v) is 8.53. The van der Waals surface area contributed by atoms with Crippen molar-refractivity contribution < 1.29 is 5.11 Å². The number of hydrogen-bond acceptors (Lipinski definition) is 4. The van der Waals surface area contributed by atoms with Crippen LogP contribution in [0.4, 0.5) is 0 Å². The van der Waals surface area contributed by atoms with E-state index in [2.05, 4.69) is 69.3 Å². The summed E-state index contributed by atoms with van der Waals surface area (Å²) in [6, 6.07) is 16.0. The van der Waals surface area contributed by atoms with E-state index < -0.39 is 0 Å². The number of nitrogens with one attached hydrogen (secondary N) is 1. The highest BCUT2D eigenvalue weighted by atomic mass is 79.9. The van der Waals surface area contributed by atoms with Gasteiger partial charge in [0.25, 0.3) is 0 Å². The second-order valence-electron chi connectivity index (χ2n) is 6.83. The number of phenolic OH excluding ortho intramolecular Hbond substituents is 1. The Kier molecular flexibility index (Phi) is 5.76. The zero-order valence-corrected chi connectivity index (χ0v) is 18.0. The predicted molar refractivity (Wildman–Crippen MR) is 121 cm³/mol. The summed E-state index contributed by atoms with van der Waals surface area (Å²) in [5, 5.41) is 18.7. The van der Waals surface area contributed by atoms with Gasteiger partial charge in [-0.1, -0.05) is 28.1 Å². The van der Waals surface area contributed by atoms with Crippen molar-refractivity contribution in [1.29, 1.82) is 0 Å². The molecule has 0 radical (unpaired) electrons. The molecule has 0 amide bonds. The maximum Gasteiger partial charge on any atom is 0.117 e. The molecule has 2 aromatic heterocycles. The molecule has 0 atom stereocenters. The van der Waals surface area contributed by atoms with Gasteiger partial charge >= 0.3 is 0 Å². The molecule has 0 saturated heterocycles. The number of aryl methyl sites for hydroxylation is 1. The summed E-state index contributed by atoms with van der Waals surface area (Å²) >= 11 is 5.15. The first-order valence-corrected chi connectivity index (χ1v) is 11.0. The zero-order chi connectivity index (χ0) is 19.5. The van der Waals surface area contributed by atoms with Crippen LogP contribution in [0, 0.1) is 6.92 Å². The van der Waals surface area contributed by atoms with E-state index in [0.29, 0.717) is 0 Å². The second kappa shape index (κ2) is 8.43. The van der Waals surface area contributed by atoms with Crippen molar-refractivity contribution in [2.45, 2.75) is 19.9 Å². The van der Waals surface area contributed by atoms with Crippen molar-refractivity contribution in [3.05, 3.63) is 80.5 Å². The molecule has 0 spiro atoms. The molecular formula is C23H21BrN2OS. The van der Waals surface area contributed by atoms with Crippen LogP contribution in [0.3, 0.4) is 0 Å².